The summed E-state index contributed by atoms with van der Waals surface area (Å²) in [5.41, 5.74) is 1.53. The quantitative estimate of drug-likeness (QED) is 0.891. The van der Waals surface area contributed by atoms with Crippen LogP contribution in [0.15, 0.2) is 23.1 Å². The summed E-state index contributed by atoms with van der Waals surface area (Å²) in [5, 5.41) is 8.69. The second kappa shape index (κ2) is 5.51. The molecule has 0 spiro atoms. The number of hydrogen-bond donors (Lipinski definition) is 2. The van der Waals surface area contributed by atoms with Crippen molar-refractivity contribution in [1.82, 2.24) is 0 Å². The molecule has 0 amide bonds. The topological polar surface area (TPSA) is 72.2 Å². The van der Waals surface area contributed by atoms with Crippen molar-refractivity contribution < 1.29 is 8.42 Å². The third-order valence-electron chi connectivity index (χ3n) is 4.03. The molecule has 2 rings (SSSR count). The molecular weight excluding hydrogens is 260 g/mol. The predicted octanol–water partition coefficient (Wildman–Crippen LogP) is 2.63. The van der Waals surface area contributed by atoms with Crippen LogP contribution in [0.2, 0.25) is 0 Å². The Hall–Kier alpha value is -1.07. The Balaban J connectivity index is 2.22. The van der Waals surface area contributed by atoms with Gasteiger partial charge < -0.3 is 5.32 Å². The first-order valence-corrected chi connectivity index (χ1v) is 8.36. The van der Waals surface area contributed by atoms with Crippen LogP contribution in [-0.2, 0) is 10.0 Å². The number of rotatable bonds is 4. The fourth-order valence-electron chi connectivity index (χ4n) is 2.93. The highest BCUT2D eigenvalue weighted by atomic mass is 32.2. The van der Waals surface area contributed by atoms with Crippen LogP contribution in [-0.4, -0.2) is 14.5 Å². The summed E-state index contributed by atoms with van der Waals surface area (Å²) in [6, 6.07) is 5.82. The lowest BCUT2D eigenvalue weighted by atomic mass is 10.0. The largest absolute Gasteiger partial charge is 0.382 e. The molecule has 3 N–H and O–H groups in total. The Labute approximate surface area is 115 Å². The number of primary sulfonamides is 1. The van der Waals surface area contributed by atoms with Gasteiger partial charge >= 0.3 is 0 Å². The number of aryl methyl sites for hydroxylation is 1. The smallest absolute Gasteiger partial charge is 0.238 e. The van der Waals surface area contributed by atoms with Gasteiger partial charge in [-0.1, -0.05) is 25.8 Å². The third kappa shape index (κ3) is 3.28. The van der Waals surface area contributed by atoms with E-state index in [1.54, 1.807) is 19.1 Å². The van der Waals surface area contributed by atoms with E-state index in [4.69, 9.17) is 5.14 Å². The fraction of sp³-hybridized carbons (Fsp3) is 0.571. The molecule has 0 aromatic heterocycles. The minimum atomic E-state index is -3.65. The van der Waals surface area contributed by atoms with E-state index in [2.05, 4.69) is 12.2 Å². The summed E-state index contributed by atoms with van der Waals surface area (Å²) in [6.07, 6.45) is 4.80. The number of nitrogens with two attached hydrogens (primary N) is 1. The summed E-state index contributed by atoms with van der Waals surface area (Å²) >= 11 is 0. The summed E-state index contributed by atoms with van der Waals surface area (Å²) < 4.78 is 23.0. The molecule has 0 heterocycles. The van der Waals surface area contributed by atoms with Crippen molar-refractivity contribution in [3.8, 4) is 0 Å². The Morgan fingerprint density at radius 3 is 2.74 bits per heavy atom. The van der Waals surface area contributed by atoms with Gasteiger partial charge in [-0.3, -0.25) is 0 Å². The van der Waals surface area contributed by atoms with Gasteiger partial charge in [-0.15, -0.1) is 0 Å². The van der Waals surface area contributed by atoms with Gasteiger partial charge in [-0.05, 0) is 43.4 Å². The molecule has 1 aromatic rings. The van der Waals surface area contributed by atoms with Crippen LogP contribution in [0, 0.1) is 12.8 Å². The van der Waals surface area contributed by atoms with E-state index < -0.39 is 10.0 Å². The van der Waals surface area contributed by atoms with Gasteiger partial charge in [0.15, 0.2) is 0 Å². The van der Waals surface area contributed by atoms with E-state index in [-0.39, 0.29) is 4.90 Å². The van der Waals surface area contributed by atoms with Crippen LogP contribution in [0.4, 0.5) is 5.69 Å². The molecule has 0 bridgehead atoms. The maximum Gasteiger partial charge on any atom is 0.238 e. The molecule has 1 fully saturated rings. The van der Waals surface area contributed by atoms with Crippen LogP contribution < -0.4 is 10.5 Å². The molecule has 0 saturated heterocycles. The van der Waals surface area contributed by atoms with Crippen molar-refractivity contribution in [1.29, 1.82) is 0 Å². The van der Waals surface area contributed by atoms with Gasteiger partial charge in [0.2, 0.25) is 10.0 Å². The molecule has 2 unspecified atom stereocenters. The monoisotopic (exact) mass is 282 g/mol. The van der Waals surface area contributed by atoms with Crippen LogP contribution in [0.3, 0.4) is 0 Å². The van der Waals surface area contributed by atoms with Gasteiger partial charge in [0.25, 0.3) is 0 Å². The van der Waals surface area contributed by atoms with Gasteiger partial charge in [-0.2, -0.15) is 0 Å². The number of sulfonamides is 1. The van der Waals surface area contributed by atoms with Gasteiger partial charge in [-0.25, -0.2) is 13.6 Å². The maximum absolute atomic E-state index is 11.5. The Bertz CT molecular complexity index is 555. The number of nitrogens with one attached hydrogen (secondary N) is 1. The lowest BCUT2D eigenvalue weighted by Crippen LogP contribution is -2.23. The first kappa shape index (κ1) is 14.3. The van der Waals surface area contributed by atoms with Crippen molar-refractivity contribution in [2.45, 2.75) is 50.5 Å². The van der Waals surface area contributed by atoms with Crippen LogP contribution in [0.1, 0.15) is 38.2 Å². The van der Waals surface area contributed by atoms with Crippen LogP contribution in [0.25, 0.3) is 0 Å². The molecule has 5 heteroatoms. The molecule has 4 nitrogen and oxygen atoms in total. The average molecular weight is 282 g/mol. The summed E-state index contributed by atoms with van der Waals surface area (Å²) in [4.78, 5) is 0.212. The molecule has 0 aliphatic heterocycles. The minimum Gasteiger partial charge on any atom is -0.382 e. The van der Waals surface area contributed by atoms with Crippen molar-refractivity contribution in [3.63, 3.8) is 0 Å². The number of benzene rings is 1. The van der Waals surface area contributed by atoms with Crippen molar-refractivity contribution in [3.05, 3.63) is 23.8 Å². The molecule has 1 aliphatic carbocycles. The zero-order valence-corrected chi connectivity index (χ0v) is 12.3. The number of anilines is 1. The van der Waals surface area contributed by atoms with E-state index in [1.165, 1.54) is 12.8 Å². The second-order valence-corrected chi connectivity index (χ2v) is 6.91. The van der Waals surface area contributed by atoms with Crippen molar-refractivity contribution in [2.75, 3.05) is 5.32 Å². The second-order valence-electron chi connectivity index (χ2n) is 5.38. The maximum atomic E-state index is 11.5. The molecule has 1 aromatic carbocycles. The highest BCUT2D eigenvalue weighted by Gasteiger charge is 2.25. The van der Waals surface area contributed by atoms with E-state index in [0.717, 1.165) is 18.5 Å². The SMILES string of the molecule is CCC1CCCC1Nc1ccc(C)c(S(N)(=O)=O)c1. The zero-order valence-electron chi connectivity index (χ0n) is 11.5. The standard InChI is InChI=1S/C14H22N2O2S/c1-3-11-5-4-6-13(11)16-12-8-7-10(2)14(9-12)19(15,17)18/h7-9,11,13,16H,3-6H2,1-2H3,(H2,15,17,18). The molecule has 1 aliphatic rings. The van der Waals surface area contributed by atoms with Crippen LogP contribution in [0.5, 0.6) is 0 Å². The fourth-order valence-corrected chi connectivity index (χ4v) is 3.73. The summed E-state index contributed by atoms with van der Waals surface area (Å²) in [5.74, 6) is 0.680. The number of hydrogen-bond acceptors (Lipinski definition) is 3. The minimum absolute atomic E-state index is 0.212. The first-order valence-electron chi connectivity index (χ1n) is 6.82. The molecule has 2 atom stereocenters. The van der Waals surface area contributed by atoms with E-state index >= 15 is 0 Å². The van der Waals surface area contributed by atoms with Crippen molar-refractivity contribution >= 4 is 15.7 Å². The lowest BCUT2D eigenvalue weighted by Gasteiger charge is -2.21. The first-order chi connectivity index (χ1) is 8.91. The zero-order chi connectivity index (χ0) is 14.0. The average Bonchev–Trinajstić information content (AvgIpc) is 2.77. The molecule has 1 saturated carbocycles. The Morgan fingerprint density at radius 2 is 2.11 bits per heavy atom. The van der Waals surface area contributed by atoms with Crippen LogP contribution >= 0.6 is 0 Å². The normalized spacial score (nSPS) is 23.5. The predicted molar refractivity (Wildman–Crippen MR) is 77.6 cm³/mol. The highest BCUT2D eigenvalue weighted by Crippen LogP contribution is 2.31. The molecule has 19 heavy (non-hydrogen) atoms. The van der Waals surface area contributed by atoms with Crippen molar-refractivity contribution in [2.24, 2.45) is 11.1 Å². The third-order valence-corrected chi connectivity index (χ3v) is 5.08. The van der Waals surface area contributed by atoms with Gasteiger partial charge in [0, 0.05) is 11.7 Å². The van der Waals surface area contributed by atoms with E-state index in [0.29, 0.717) is 17.5 Å². The van der Waals surface area contributed by atoms with E-state index in [1.807, 2.05) is 6.07 Å². The van der Waals surface area contributed by atoms with Gasteiger partial charge in [0.05, 0.1) is 4.90 Å². The molecular formula is C14H22N2O2S. The van der Waals surface area contributed by atoms with Gasteiger partial charge in [0.1, 0.15) is 0 Å². The Morgan fingerprint density at radius 1 is 1.37 bits per heavy atom. The van der Waals surface area contributed by atoms with E-state index in [9.17, 15) is 8.42 Å². The highest BCUT2D eigenvalue weighted by molar-refractivity contribution is 7.89. The molecule has 106 valence electrons. The molecule has 0 radical (unpaired) electrons. The summed E-state index contributed by atoms with van der Waals surface area (Å²) in [7, 11) is -3.65. The lowest BCUT2D eigenvalue weighted by molar-refractivity contribution is 0.489. The summed E-state index contributed by atoms with van der Waals surface area (Å²) in [6.45, 7) is 3.96. The Kier molecular flexibility index (Phi) is 4.16.